The topological polar surface area (TPSA) is 116 Å². The quantitative estimate of drug-likeness (QED) is 0.344. The number of hydrogen-bond acceptors (Lipinski definition) is 6. The molecule has 0 saturated carbocycles. The Bertz CT molecular complexity index is 202. The highest BCUT2D eigenvalue weighted by Gasteiger charge is 1.98. The molecule has 4 N–H and O–H groups in total. The van der Waals surface area contributed by atoms with Crippen LogP contribution in [-0.2, 0) is 14.6 Å². The molecule has 0 aromatic heterocycles. The largest absolute Gasteiger partial charge is 0.397 e. The van der Waals surface area contributed by atoms with Gasteiger partial charge in [-0.25, -0.2) is 4.18 Å². The van der Waals surface area contributed by atoms with E-state index in [1.807, 2.05) is 6.92 Å². The second-order valence-corrected chi connectivity index (χ2v) is 3.21. The van der Waals surface area contributed by atoms with Crippen molar-refractivity contribution in [3.63, 3.8) is 0 Å². The Morgan fingerprint density at radius 3 is 1.93 bits per heavy atom. The van der Waals surface area contributed by atoms with Crippen LogP contribution in [-0.4, -0.2) is 49.2 Å². The highest BCUT2D eigenvalue weighted by molar-refractivity contribution is 7.80. The molecule has 88 valence electrons. The molecule has 0 aliphatic heterocycles. The van der Waals surface area contributed by atoms with Crippen molar-refractivity contribution in [2.24, 2.45) is 0 Å². The lowest BCUT2D eigenvalue weighted by atomic mass is 10.6. The van der Waals surface area contributed by atoms with Crippen LogP contribution in [0.3, 0.4) is 0 Å². The molecule has 0 radical (unpaired) electrons. The average molecular weight is 231 g/mol. The normalized spacial score (nSPS) is 11.0. The van der Waals surface area contributed by atoms with Crippen molar-refractivity contribution in [3.8, 4) is 0 Å². The summed E-state index contributed by atoms with van der Waals surface area (Å²) in [5.41, 5.74) is 0. The smallest absolute Gasteiger partial charge is 0.367 e. The molecule has 0 rings (SSSR count). The number of aliphatic hydroxyl groups is 2. The molecule has 14 heavy (non-hydrogen) atoms. The van der Waals surface area contributed by atoms with Crippen molar-refractivity contribution in [1.82, 2.24) is 5.32 Å². The minimum absolute atomic E-state index is 0.0289. The molecule has 7 nitrogen and oxygen atoms in total. The number of nitrogens with one attached hydrogen (secondary N) is 1. The molecule has 0 saturated heterocycles. The first-order valence-electron chi connectivity index (χ1n) is 4.02. The Balaban J connectivity index is 0. The van der Waals surface area contributed by atoms with E-state index in [0.29, 0.717) is 0 Å². The molecule has 0 heterocycles. The van der Waals surface area contributed by atoms with Crippen LogP contribution in [0.25, 0.3) is 0 Å². The summed E-state index contributed by atoms with van der Waals surface area (Å²) in [7, 11) is -4.17. The number of likely N-dealkylation sites (N-methyl/N-ethyl adjacent to an activating group) is 1. The third kappa shape index (κ3) is 22.6. The van der Waals surface area contributed by atoms with Crippen molar-refractivity contribution in [2.45, 2.75) is 20.1 Å². The first kappa shape index (κ1) is 16.2. The third-order valence-corrected chi connectivity index (χ3v) is 1.38. The fraction of sp³-hybridized carbons (Fsp3) is 1.00. The summed E-state index contributed by atoms with van der Waals surface area (Å²) in [6, 6.07) is 0. The Morgan fingerprint density at radius 2 is 1.86 bits per heavy atom. The number of aliphatic hydroxyl groups excluding tert-OH is 1. The van der Waals surface area contributed by atoms with Gasteiger partial charge in [0.1, 0.15) is 0 Å². The first-order chi connectivity index (χ1) is 6.33. The lowest BCUT2D eigenvalue weighted by molar-refractivity contribution is -0.0368. The lowest BCUT2D eigenvalue weighted by Crippen LogP contribution is -2.25. The van der Waals surface area contributed by atoms with Gasteiger partial charge in [0.2, 0.25) is 0 Å². The molecule has 0 aromatic carbocycles. The fourth-order valence-electron chi connectivity index (χ4n) is 0.422. The second-order valence-electron chi connectivity index (χ2n) is 2.12. The minimum atomic E-state index is -4.17. The Labute approximate surface area is 83.7 Å². The van der Waals surface area contributed by atoms with Crippen LogP contribution in [0.5, 0.6) is 0 Å². The van der Waals surface area contributed by atoms with Crippen molar-refractivity contribution in [2.75, 3.05) is 19.7 Å². The summed E-state index contributed by atoms with van der Waals surface area (Å²) < 4.78 is 30.7. The summed E-state index contributed by atoms with van der Waals surface area (Å²) in [5, 5.41) is 19.1. The Kier molecular flexibility index (Phi) is 10.8. The lowest BCUT2D eigenvalue weighted by Gasteiger charge is -2.00. The molecule has 0 aromatic rings. The van der Waals surface area contributed by atoms with Gasteiger partial charge in [-0.15, -0.1) is 0 Å². The first-order valence-corrected chi connectivity index (χ1v) is 5.38. The standard InChI is InChI=1S/C4H11NO2.C2H6O4S/c1-2-5-3-4(6)7;1-2-6-7(3,4)5/h4-7H,2-3H2,1H3;2H2,1H3,(H,3,4,5). The van der Waals surface area contributed by atoms with E-state index in [4.69, 9.17) is 14.8 Å². The van der Waals surface area contributed by atoms with Gasteiger partial charge in [-0.05, 0) is 13.5 Å². The van der Waals surface area contributed by atoms with Crippen LogP contribution in [0.4, 0.5) is 0 Å². The van der Waals surface area contributed by atoms with E-state index in [1.165, 1.54) is 6.92 Å². The molecule has 0 aliphatic rings. The van der Waals surface area contributed by atoms with Gasteiger partial charge >= 0.3 is 10.4 Å². The van der Waals surface area contributed by atoms with Crippen LogP contribution in [0.2, 0.25) is 0 Å². The van der Waals surface area contributed by atoms with Crippen LogP contribution < -0.4 is 5.32 Å². The van der Waals surface area contributed by atoms with E-state index in [-0.39, 0.29) is 13.2 Å². The zero-order valence-corrected chi connectivity index (χ0v) is 8.99. The molecule has 0 unspecified atom stereocenters. The van der Waals surface area contributed by atoms with E-state index in [9.17, 15) is 8.42 Å². The summed E-state index contributed by atoms with van der Waals surface area (Å²) in [4.78, 5) is 0. The van der Waals surface area contributed by atoms with Crippen LogP contribution >= 0.6 is 0 Å². The predicted octanol–water partition coefficient (Wildman–Crippen LogP) is -1.27. The number of rotatable bonds is 5. The van der Waals surface area contributed by atoms with E-state index < -0.39 is 16.7 Å². The zero-order chi connectivity index (χ0) is 11.6. The van der Waals surface area contributed by atoms with Crippen LogP contribution in [0.15, 0.2) is 0 Å². The third-order valence-electron chi connectivity index (χ3n) is 0.844. The molecule has 0 fully saturated rings. The highest BCUT2D eigenvalue weighted by atomic mass is 32.3. The summed E-state index contributed by atoms with van der Waals surface area (Å²) in [5.74, 6) is 0. The molecule has 0 bridgehead atoms. The van der Waals surface area contributed by atoms with Gasteiger partial charge in [0.15, 0.2) is 6.29 Å². The average Bonchev–Trinajstić information content (AvgIpc) is 1.99. The van der Waals surface area contributed by atoms with Gasteiger partial charge in [0.25, 0.3) is 0 Å². The zero-order valence-electron chi connectivity index (χ0n) is 8.17. The monoisotopic (exact) mass is 231 g/mol. The van der Waals surface area contributed by atoms with Crippen molar-refractivity contribution >= 4 is 10.4 Å². The van der Waals surface area contributed by atoms with Gasteiger partial charge in [-0.2, -0.15) is 8.42 Å². The van der Waals surface area contributed by atoms with E-state index >= 15 is 0 Å². The minimum Gasteiger partial charge on any atom is -0.367 e. The molecular weight excluding hydrogens is 214 g/mol. The molecule has 0 spiro atoms. The summed E-state index contributed by atoms with van der Waals surface area (Å²) >= 11 is 0. The molecule has 0 amide bonds. The summed E-state index contributed by atoms with van der Waals surface area (Å²) in [6.45, 7) is 4.38. The molecular formula is C6H17NO6S. The van der Waals surface area contributed by atoms with Gasteiger partial charge in [0.05, 0.1) is 6.61 Å². The maximum Gasteiger partial charge on any atom is 0.397 e. The van der Waals surface area contributed by atoms with E-state index in [2.05, 4.69) is 9.50 Å². The predicted molar refractivity (Wildman–Crippen MR) is 49.9 cm³/mol. The van der Waals surface area contributed by atoms with Gasteiger partial charge in [0, 0.05) is 6.54 Å². The maximum absolute atomic E-state index is 9.56. The van der Waals surface area contributed by atoms with Gasteiger partial charge in [-0.1, -0.05) is 6.92 Å². The Hall–Kier alpha value is -0.250. The van der Waals surface area contributed by atoms with Crippen molar-refractivity contribution in [1.29, 1.82) is 0 Å². The highest BCUT2D eigenvalue weighted by Crippen LogP contribution is 1.81. The fourth-order valence-corrected chi connectivity index (χ4v) is 0.720. The van der Waals surface area contributed by atoms with Gasteiger partial charge < -0.3 is 15.5 Å². The van der Waals surface area contributed by atoms with Crippen molar-refractivity contribution < 1.29 is 27.4 Å². The molecule has 0 aliphatic carbocycles. The van der Waals surface area contributed by atoms with E-state index in [1.54, 1.807) is 0 Å². The SMILES string of the molecule is CCNCC(O)O.CCOS(=O)(=O)O. The maximum atomic E-state index is 9.56. The number of hydrogen-bond donors (Lipinski definition) is 4. The summed E-state index contributed by atoms with van der Waals surface area (Å²) in [6.07, 6.45) is -1.21. The van der Waals surface area contributed by atoms with Crippen LogP contribution in [0, 0.1) is 0 Å². The van der Waals surface area contributed by atoms with Crippen LogP contribution in [0.1, 0.15) is 13.8 Å². The second kappa shape index (κ2) is 9.31. The van der Waals surface area contributed by atoms with Crippen molar-refractivity contribution in [3.05, 3.63) is 0 Å². The Morgan fingerprint density at radius 1 is 1.36 bits per heavy atom. The van der Waals surface area contributed by atoms with Gasteiger partial charge in [-0.3, -0.25) is 4.55 Å². The van der Waals surface area contributed by atoms with E-state index in [0.717, 1.165) is 6.54 Å². The molecule has 0 atom stereocenters. The molecule has 8 heteroatoms.